The molecule has 1 fully saturated rings. The minimum absolute atomic E-state index is 0.0943. The Hall–Kier alpha value is -1.24. The summed E-state index contributed by atoms with van der Waals surface area (Å²) in [5.41, 5.74) is -0.314. The highest BCUT2D eigenvalue weighted by atomic mass is 28.3. The Labute approximate surface area is 173 Å². The van der Waals surface area contributed by atoms with Crippen LogP contribution in [0.2, 0.25) is 25.7 Å². The molecular formula is C21H43N3O3Si. The number of nitrogens with one attached hydrogen (secondary N) is 1. The smallest absolute Gasteiger partial charge is 0.407 e. The molecule has 0 heterocycles. The number of urea groups is 1. The molecule has 28 heavy (non-hydrogen) atoms. The minimum Gasteiger partial charge on any atom is -0.465 e. The van der Waals surface area contributed by atoms with E-state index in [0.717, 1.165) is 12.5 Å². The van der Waals surface area contributed by atoms with Gasteiger partial charge in [-0.1, -0.05) is 51.7 Å². The molecular weight excluding hydrogens is 370 g/mol. The Balaban J connectivity index is 2.90. The molecule has 1 aliphatic rings. The Morgan fingerprint density at radius 3 is 2.18 bits per heavy atom. The highest BCUT2D eigenvalue weighted by Gasteiger charge is 2.30. The van der Waals surface area contributed by atoms with Crippen LogP contribution in [0.4, 0.5) is 9.59 Å². The fourth-order valence-corrected chi connectivity index (χ4v) is 4.67. The van der Waals surface area contributed by atoms with E-state index in [9.17, 15) is 14.7 Å². The molecule has 0 aromatic rings. The zero-order valence-corrected chi connectivity index (χ0v) is 20.2. The predicted molar refractivity (Wildman–Crippen MR) is 119 cm³/mol. The zero-order chi connectivity index (χ0) is 21.5. The molecule has 6 nitrogen and oxygen atoms in total. The minimum atomic E-state index is -1.34. The lowest BCUT2D eigenvalue weighted by molar-refractivity contribution is 0.115. The summed E-state index contributed by atoms with van der Waals surface area (Å²) in [6, 6.07) is 0.722. The second-order valence-corrected chi connectivity index (χ2v) is 16.3. The van der Waals surface area contributed by atoms with Crippen molar-refractivity contribution in [2.24, 2.45) is 5.92 Å². The highest BCUT2D eigenvalue weighted by molar-refractivity contribution is 6.76. The van der Waals surface area contributed by atoms with Crippen LogP contribution >= 0.6 is 0 Å². The second-order valence-electron chi connectivity index (χ2n) is 10.7. The molecule has 0 aliphatic heterocycles. The van der Waals surface area contributed by atoms with Gasteiger partial charge >= 0.3 is 12.1 Å². The number of rotatable bonds is 8. The van der Waals surface area contributed by atoms with Gasteiger partial charge in [-0.25, -0.2) is 9.59 Å². The fraction of sp³-hybridized carbons (Fsp3) is 0.905. The van der Waals surface area contributed by atoms with Crippen molar-refractivity contribution in [1.82, 2.24) is 15.1 Å². The lowest BCUT2D eigenvalue weighted by atomic mass is 9.84. The molecule has 0 aromatic carbocycles. The van der Waals surface area contributed by atoms with E-state index in [1.807, 2.05) is 27.8 Å². The lowest BCUT2D eigenvalue weighted by Gasteiger charge is -2.37. The van der Waals surface area contributed by atoms with Gasteiger partial charge in [0.15, 0.2) is 0 Å². The molecule has 3 amide bonds. The topological polar surface area (TPSA) is 72.9 Å². The van der Waals surface area contributed by atoms with Crippen molar-refractivity contribution in [3.05, 3.63) is 0 Å². The molecule has 2 N–H and O–H groups in total. The van der Waals surface area contributed by atoms with Crippen molar-refractivity contribution < 1.29 is 14.7 Å². The van der Waals surface area contributed by atoms with Crippen molar-refractivity contribution >= 4 is 20.2 Å². The number of hydrogen-bond donors (Lipinski definition) is 2. The van der Waals surface area contributed by atoms with Crippen LogP contribution in [0.5, 0.6) is 0 Å². The van der Waals surface area contributed by atoms with Gasteiger partial charge in [0.25, 0.3) is 0 Å². The summed E-state index contributed by atoms with van der Waals surface area (Å²) in [6.45, 7) is 13.6. The Morgan fingerprint density at radius 1 is 1.14 bits per heavy atom. The molecule has 0 spiro atoms. The van der Waals surface area contributed by atoms with Gasteiger partial charge in [0.1, 0.15) is 0 Å². The fourth-order valence-electron chi connectivity index (χ4n) is 3.73. The van der Waals surface area contributed by atoms with Crippen LogP contribution in [0.15, 0.2) is 0 Å². The molecule has 0 saturated heterocycles. The van der Waals surface area contributed by atoms with Gasteiger partial charge in [-0.05, 0) is 39.2 Å². The molecule has 1 aliphatic carbocycles. The van der Waals surface area contributed by atoms with E-state index in [1.54, 1.807) is 4.90 Å². The molecule has 7 heteroatoms. The summed E-state index contributed by atoms with van der Waals surface area (Å²) in [7, 11) is 0.475. The van der Waals surface area contributed by atoms with Crippen LogP contribution in [0.3, 0.4) is 0 Å². The van der Waals surface area contributed by atoms with Crippen molar-refractivity contribution in [2.75, 3.05) is 20.1 Å². The first-order valence-corrected chi connectivity index (χ1v) is 14.5. The predicted octanol–water partition coefficient (Wildman–Crippen LogP) is 5.08. The third kappa shape index (κ3) is 9.80. The van der Waals surface area contributed by atoms with Crippen LogP contribution < -0.4 is 5.32 Å². The standard InChI is InChI=1S/C21H43N3O3Si/c1-21(2,3)22-19(25)23(4)18(15-17-11-9-8-10-12-17)16-24(20(26)27)13-14-28(5,6)7/h17-18H,8-16H2,1-7H3,(H,22,25)(H,26,27)/t18-/m0/s1. The molecule has 0 unspecified atom stereocenters. The summed E-state index contributed by atoms with van der Waals surface area (Å²) in [5, 5.41) is 12.8. The number of amides is 3. The first-order valence-electron chi connectivity index (χ1n) is 10.8. The largest absolute Gasteiger partial charge is 0.465 e. The summed E-state index contributed by atoms with van der Waals surface area (Å²) in [5.74, 6) is 0.580. The lowest BCUT2D eigenvalue weighted by Crippen LogP contribution is -2.54. The molecule has 1 atom stereocenters. The average molecular weight is 414 g/mol. The monoisotopic (exact) mass is 413 g/mol. The number of nitrogens with zero attached hydrogens (tertiary/aromatic N) is 2. The van der Waals surface area contributed by atoms with Crippen molar-refractivity contribution in [2.45, 2.75) is 96.6 Å². The van der Waals surface area contributed by atoms with E-state index in [-0.39, 0.29) is 17.6 Å². The molecule has 1 rings (SSSR count). The van der Waals surface area contributed by atoms with E-state index in [2.05, 4.69) is 25.0 Å². The molecule has 164 valence electrons. The summed E-state index contributed by atoms with van der Waals surface area (Å²) < 4.78 is 0. The maximum absolute atomic E-state index is 12.8. The van der Waals surface area contributed by atoms with Crippen molar-refractivity contribution in [3.63, 3.8) is 0 Å². The van der Waals surface area contributed by atoms with Crippen LogP contribution in [-0.4, -0.2) is 66.8 Å². The number of carbonyl (C=O) groups excluding carboxylic acids is 1. The van der Waals surface area contributed by atoms with Crippen LogP contribution in [0.1, 0.15) is 59.3 Å². The second kappa shape index (κ2) is 10.5. The Morgan fingerprint density at radius 2 is 1.71 bits per heavy atom. The molecule has 0 aromatic heterocycles. The molecule has 0 bridgehead atoms. The maximum atomic E-state index is 12.8. The van der Waals surface area contributed by atoms with Gasteiger partial charge in [-0.3, -0.25) is 0 Å². The third-order valence-electron chi connectivity index (χ3n) is 5.51. The normalized spacial score (nSPS) is 17.1. The third-order valence-corrected chi connectivity index (χ3v) is 7.24. The summed E-state index contributed by atoms with van der Waals surface area (Å²) in [4.78, 5) is 27.9. The van der Waals surface area contributed by atoms with Crippen molar-refractivity contribution in [3.8, 4) is 0 Å². The number of carboxylic acid groups (broad SMARTS) is 1. The Bertz CT molecular complexity index is 508. The van der Waals surface area contributed by atoms with Gasteiger partial charge in [-0.2, -0.15) is 0 Å². The SMILES string of the molecule is CN(C(=O)NC(C)(C)C)[C@@H](CC1CCCCC1)CN(CC[Si](C)(C)C)C(=O)O. The first-order chi connectivity index (χ1) is 12.8. The van der Waals surface area contributed by atoms with Gasteiger partial charge in [0.2, 0.25) is 0 Å². The summed E-state index contributed by atoms with van der Waals surface area (Å²) >= 11 is 0. The van der Waals surface area contributed by atoms with Crippen molar-refractivity contribution in [1.29, 1.82) is 0 Å². The molecule has 0 radical (unpaired) electrons. The number of carbonyl (C=O) groups is 2. The number of hydrogen-bond acceptors (Lipinski definition) is 2. The number of likely N-dealkylation sites (N-methyl/N-ethyl adjacent to an activating group) is 1. The maximum Gasteiger partial charge on any atom is 0.407 e. The highest BCUT2D eigenvalue weighted by Crippen LogP contribution is 2.29. The van der Waals surface area contributed by atoms with E-state index < -0.39 is 14.2 Å². The van der Waals surface area contributed by atoms with E-state index in [0.29, 0.717) is 19.0 Å². The average Bonchev–Trinajstić information content (AvgIpc) is 2.55. The van der Waals surface area contributed by atoms with Gasteiger partial charge in [0, 0.05) is 33.7 Å². The van der Waals surface area contributed by atoms with Gasteiger partial charge in [0.05, 0.1) is 6.04 Å². The van der Waals surface area contributed by atoms with E-state index >= 15 is 0 Å². The van der Waals surface area contributed by atoms with Crippen LogP contribution in [0, 0.1) is 5.92 Å². The van der Waals surface area contributed by atoms with Crippen LogP contribution in [0.25, 0.3) is 0 Å². The van der Waals surface area contributed by atoms with E-state index in [1.165, 1.54) is 37.0 Å². The summed E-state index contributed by atoms with van der Waals surface area (Å²) in [6.07, 6.45) is 6.15. The first kappa shape index (κ1) is 24.8. The zero-order valence-electron chi connectivity index (χ0n) is 19.2. The van der Waals surface area contributed by atoms with Crippen LogP contribution in [-0.2, 0) is 0 Å². The Kier molecular flexibility index (Phi) is 9.31. The van der Waals surface area contributed by atoms with Gasteiger partial charge < -0.3 is 20.2 Å². The molecule has 1 saturated carbocycles. The van der Waals surface area contributed by atoms with E-state index in [4.69, 9.17) is 0 Å². The quantitative estimate of drug-likeness (QED) is 0.545. The van der Waals surface area contributed by atoms with Gasteiger partial charge in [-0.15, -0.1) is 0 Å².